The van der Waals surface area contributed by atoms with E-state index in [0.717, 1.165) is 6.42 Å². The van der Waals surface area contributed by atoms with Gasteiger partial charge in [-0.2, -0.15) is 0 Å². The Morgan fingerprint density at radius 3 is 2.33 bits per heavy atom. The maximum Gasteiger partial charge on any atom is 0.317 e. The first-order chi connectivity index (χ1) is 9.70. The molecular weight excluding hydrogens is 268 g/mol. The summed E-state index contributed by atoms with van der Waals surface area (Å²) in [7, 11) is 0. The molecule has 1 heterocycles. The van der Waals surface area contributed by atoms with Gasteiger partial charge in [0.05, 0.1) is 24.4 Å². The van der Waals surface area contributed by atoms with E-state index < -0.39 is 0 Å². The maximum atomic E-state index is 12.4. The summed E-state index contributed by atoms with van der Waals surface area (Å²) in [4.78, 5) is 14.3. The predicted molar refractivity (Wildman–Crippen MR) is 82.3 cm³/mol. The first-order valence-corrected chi connectivity index (χ1v) is 8.06. The molecule has 1 saturated carbocycles. The predicted octanol–water partition coefficient (Wildman–Crippen LogP) is 2.40. The van der Waals surface area contributed by atoms with Crippen LogP contribution in [0.4, 0.5) is 4.79 Å². The van der Waals surface area contributed by atoms with Crippen LogP contribution in [0.2, 0.25) is 0 Å². The number of hydrogen-bond donors (Lipinski definition) is 1. The fourth-order valence-electron chi connectivity index (χ4n) is 3.27. The van der Waals surface area contributed by atoms with Crippen LogP contribution in [0.15, 0.2) is 0 Å². The first kappa shape index (κ1) is 16.6. The summed E-state index contributed by atoms with van der Waals surface area (Å²) in [5.41, 5.74) is -0.0105. The Balaban J connectivity index is 1.86. The Kier molecular flexibility index (Phi) is 4.83. The van der Waals surface area contributed by atoms with Crippen molar-refractivity contribution in [1.82, 2.24) is 10.2 Å². The zero-order valence-electron chi connectivity index (χ0n) is 14.2. The number of carbonyl (C=O) groups excluding carboxylic acids is 1. The van der Waals surface area contributed by atoms with E-state index in [0.29, 0.717) is 13.1 Å². The van der Waals surface area contributed by atoms with Crippen molar-refractivity contribution in [1.29, 1.82) is 0 Å². The molecule has 0 radical (unpaired) electrons. The van der Waals surface area contributed by atoms with Crippen LogP contribution in [0.25, 0.3) is 0 Å². The normalized spacial score (nSPS) is 35.5. The van der Waals surface area contributed by atoms with Crippen molar-refractivity contribution in [3.63, 3.8) is 0 Å². The van der Waals surface area contributed by atoms with Crippen LogP contribution in [-0.4, -0.2) is 54.5 Å². The van der Waals surface area contributed by atoms with Gasteiger partial charge in [-0.1, -0.05) is 13.8 Å². The largest absolute Gasteiger partial charge is 0.375 e. The van der Waals surface area contributed by atoms with E-state index >= 15 is 0 Å². The maximum absolute atomic E-state index is 12.4. The molecule has 21 heavy (non-hydrogen) atoms. The van der Waals surface area contributed by atoms with Crippen molar-refractivity contribution in [3.8, 4) is 0 Å². The Morgan fingerprint density at radius 1 is 1.29 bits per heavy atom. The Morgan fingerprint density at radius 2 is 1.86 bits per heavy atom. The highest BCUT2D eigenvalue weighted by Crippen LogP contribution is 2.43. The van der Waals surface area contributed by atoms with E-state index in [9.17, 15) is 4.79 Å². The molecule has 122 valence electrons. The topological polar surface area (TPSA) is 50.8 Å². The summed E-state index contributed by atoms with van der Waals surface area (Å²) in [6.45, 7) is 13.8. The highest BCUT2D eigenvalue weighted by molar-refractivity contribution is 5.75. The number of ether oxygens (including phenoxy) is 2. The molecule has 0 spiro atoms. The van der Waals surface area contributed by atoms with E-state index in [1.165, 1.54) is 0 Å². The second-order valence-electron chi connectivity index (χ2n) is 7.39. The summed E-state index contributed by atoms with van der Waals surface area (Å²) in [6, 6.07) is 0.209. The van der Waals surface area contributed by atoms with Gasteiger partial charge in [-0.05, 0) is 34.1 Å². The van der Waals surface area contributed by atoms with Crippen molar-refractivity contribution < 1.29 is 14.3 Å². The zero-order chi connectivity index (χ0) is 15.8. The van der Waals surface area contributed by atoms with Gasteiger partial charge in [0.15, 0.2) is 0 Å². The number of morpholine rings is 1. The molecule has 4 atom stereocenters. The van der Waals surface area contributed by atoms with Gasteiger partial charge in [-0.25, -0.2) is 4.79 Å². The van der Waals surface area contributed by atoms with Gasteiger partial charge in [0.25, 0.3) is 0 Å². The second kappa shape index (κ2) is 6.13. The SMILES string of the molecule is CC(C)OC1CC(NC(=O)N2C[C@@H](C)O[C@@H](C)C2)C1(C)C. The number of urea groups is 1. The summed E-state index contributed by atoms with van der Waals surface area (Å²) in [5.74, 6) is 0. The molecule has 2 amide bonds. The monoisotopic (exact) mass is 298 g/mol. The molecule has 2 aliphatic rings. The van der Waals surface area contributed by atoms with E-state index in [2.05, 4.69) is 33.0 Å². The molecule has 0 aromatic carbocycles. The number of nitrogens with one attached hydrogen (secondary N) is 1. The number of hydrogen-bond acceptors (Lipinski definition) is 3. The average molecular weight is 298 g/mol. The van der Waals surface area contributed by atoms with Gasteiger partial charge in [-0.3, -0.25) is 0 Å². The van der Waals surface area contributed by atoms with Gasteiger partial charge in [0.2, 0.25) is 0 Å². The van der Waals surface area contributed by atoms with Gasteiger partial charge in [0, 0.05) is 24.5 Å². The minimum absolute atomic E-state index is 0.0105. The van der Waals surface area contributed by atoms with E-state index in [4.69, 9.17) is 9.47 Å². The highest BCUT2D eigenvalue weighted by Gasteiger charge is 2.50. The Labute approximate surface area is 128 Å². The molecule has 1 aliphatic carbocycles. The molecule has 5 heteroatoms. The van der Waals surface area contributed by atoms with Crippen LogP contribution in [0.5, 0.6) is 0 Å². The molecule has 1 saturated heterocycles. The standard InChI is InChI=1S/C16H30N2O3/c1-10(2)20-14-7-13(16(14,5)6)17-15(19)18-8-11(3)21-12(4)9-18/h10-14H,7-9H2,1-6H3,(H,17,19)/t11-,12+,13?,14?. The number of carbonyl (C=O) groups is 1. The van der Waals surface area contributed by atoms with Crippen LogP contribution < -0.4 is 5.32 Å². The van der Waals surface area contributed by atoms with Crippen LogP contribution in [-0.2, 0) is 9.47 Å². The zero-order valence-corrected chi connectivity index (χ0v) is 14.2. The van der Waals surface area contributed by atoms with Crippen molar-refractivity contribution in [3.05, 3.63) is 0 Å². The Bertz CT molecular complexity index is 374. The van der Waals surface area contributed by atoms with Crippen LogP contribution in [0, 0.1) is 5.41 Å². The second-order valence-corrected chi connectivity index (χ2v) is 7.39. The van der Waals surface area contributed by atoms with Crippen LogP contribution in [0.1, 0.15) is 48.0 Å². The molecule has 1 N–H and O–H groups in total. The van der Waals surface area contributed by atoms with E-state index in [-0.39, 0.29) is 41.9 Å². The number of rotatable bonds is 3. The third kappa shape index (κ3) is 3.69. The lowest BCUT2D eigenvalue weighted by Crippen LogP contribution is -2.65. The smallest absolute Gasteiger partial charge is 0.317 e. The molecule has 2 rings (SSSR count). The lowest BCUT2D eigenvalue weighted by molar-refractivity contribution is -0.137. The molecule has 0 bridgehead atoms. The summed E-state index contributed by atoms with van der Waals surface area (Å²) in [6.07, 6.45) is 1.56. The molecule has 2 unspecified atom stereocenters. The lowest BCUT2D eigenvalue weighted by atomic mass is 9.64. The van der Waals surface area contributed by atoms with Gasteiger partial charge in [-0.15, -0.1) is 0 Å². The molecule has 0 aromatic rings. The van der Waals surface area contributed by atoms with Crippen molar-refractivity contribution in [2.75, 3.05) is 13.1 Å². The highest BCUT2D eigenvalue weighted by atomic mass is 16.5. The fraction of sp³-hybridized carbons (Fsp3) is 0.938. The summed E-state index contributed by atoms with van der Waals surface area (Å²) < 4.78 is 11.6. The summed E-state index contributed by atoms with van der Waals surface area (Å²) >= 11 is 0. The van der Waals surface area contributed by atoms with Crippen molar-refractivity contribution >= 4 is 6.03 Å². The van der Waals surface area contributed by atoms with E-state index in [1.54, 1.807) is 0 Å². The lowest BCUT2D eigenvalue weighted by Gasteiger charge is -2.52. The average Bonchev–Trinajstić information content (AvgIpc) is 2.35. The quantitative estimate of drug-likeness (QED) is 0.870. The molecule has 1 aliphatic heterocycles. The van der Waals surface area contributed by atoms with Gasteiger partial charge < -0.3 is 19.7 Å². The van der Waals surface area contributed by atoms with Gasteiger partial charge in [0.1, 0.15) is 0 Å². The number of nitrogens with zero attached hydrogens (tertiary/aromatic N) is 1. The van der Waals surface area contributed by atoms with Crippen molar-refractivity contribution in [2.45, 2.75) is 78.4 Å². The molecule has 2 fully saturated rings. The molecular formula is C16H30N2O3. The third-order valence-corrected chi connectivity index (χ3v) is 4.62. The molecule has 5 nitrogen and oxygen atoms in total. The minimum Gasteiger partial charge on any atom is -0.375 e. The molecule has 0 aromatic heterocycles. The van der Waals surface area contributed by atoms with E-state index in [1.807, 2.05) is 18.7 Å². The fourth-order valence-corrected chi connectivity index (χ4v) is 3.27. The summed E-state index contributed by atoms with van der Waals surface area (Å²) in [5, 5.41) is 3.17. The third-order valence-electron chi connectivity index (χ3n) is 4.62. The number of amides is 2. The van der Waals surface area contributed by atoms with Crippen LogP contribution >= 0.6 is 0 Å². The first-order valence-electron chi connectivity index (χ1n) is 8.06. The van der Waals surface area contributed by atoms with Gasteiger partial charge >= 0.3 is 6.03 Å². The minimum atomic E-state index is -0.0105. The van der Waals surface area contributed by atoms with Crippen LogP contribution in [0.3, 0.4) is 0 Å². The Hall–Kier alpha value is -0.810. The van der Waals surface area contributed by atoms with Crippen molar-refractivity contribution in [2.24, 2.45) is 5.41 Å².